The molecule has 0 heterocycles. The molecule has 0 amide bonds. The third-order valence-corrected chi connectivity index (χ3v) is 6.31. The molecule has 1 aliphatic rings. The number of phenols is 2. The van der Waals surface area contributed by atoms with Crippen LogP contribution in [0, 0.1) is 0 Å². The number of benzene rings is 1. The summed E-state index contributed by atoms with van der Waals surface area (Å²) in [5.74, 6) is -0.236. The van der Waals surface area contributed by atoms with Crippen molar-refractivity contribution in [3.05, 3.63) is 17.7 Å². The third kappa shape index (κ3) is 9.93. The standard InChI is InChI=1S/C25H45N3O6/c26-9-5-1-3-7-11-33-22-14-18(13-20(29)24(22)31)17-28-19-15-21(30)25(32)23(16-19)34-12-8-4-2-6-10-27/h13-14,19,21,23,25,28-32H,1-12,15-17,26-27H2. The number of aliphatic hydroxyl groups excluding tert-OH is 2. The molecule has 0 spiro atoms. The molecule has 9 nitrogen and oxygen atoms in total. The summed E-state index contributed by atoms with van der Waals surface area (Å²) in [7, 11) is 0. The molecular weight excluding hydrogens is 438 g/mol. The first-order valence-electron chi connectivity index (χ1n) is 12.7. The van der Waals surface area contributed by atoms with Crippen LogP contribution in [0.25, 0.3) is 0 Å². The SMILES string of the molecule is NCCCCCCOc1cc(CNC2CC(O)C(O)C(OCCCCCCN)C2)cc(O)c1O. The van der Waals surface area contributed by atoms with E-state index in [0.717, 1.165) is 56.9 Å². The summed E-state index contributed by atoms with van der Waals surface area (Å²) in [6.07, 6.45) is 6.69. The lowest BCUT2D eigenvalue weighted by Gasteiger charge is -2.37. The fourth-order valence-corrected chi connectivity index (χ4v) is 4.27. The van der Waals surface area contributed by atoms with Crippen LogP contribution in [0.5, 0.6) is 17.2 Å². The molecule has 0 radical (unpaired) electrons. The van der Waals surface area contributed by atoms with Gasteiger partial charge in [0.15, 0.2) is 11.5 Å². The molecule has 34 heavy (non-hydrogen) atoms. The van der Waals surface area contributed by atoms with Crippen LogP contribution in [0.3, 0.4) is 0 Å². The van der Waals surface area contributed by atoms with Crippen LogP contribution < -0.4 is 21.5 Å². The first-order chi connectivity index (χ1) is 16.5. The maximum absolute atomic E-state index is 10.3. The maximum Gasteiger partial charge on any atom is 0.200 e. The number of nitrogens with one attached hydrogen (secondary N) is 1. The lowest BCUT2D eigenvalue weighted by molar-refractivity contribution is -0.120. The van der Waals surface area contributed by atoms with E-state index in [4.69, 9.17) is 20.9 Å². The van der Waals surface area contributed by atoms with Crippen molar-refractivity contribution in [3.8, 4) is 17.2 Å². The molecule has 0 bridgehead atoms. The minimum absolute atomic E-state index is 0.0523. The van der Waals surface area contributed by atoms with Gasteiger partial charge in [0.25, 0.3) is 0 Å². The minimum Gasteiger partial charge on any atom is -0.504 e. The van der Waals surface area contributed by atoms with E-state index in [0.29, 0.717) is 45.7 Å². The van der Waals surface area contributed by atoms with Crippen LogP contribution >= 0.6 is 0 Å². The topological polar surface area (TPSA) is 163 Å². The molecule has 4 unspecified atom stereocenters. The van der Waals surface area contributed by atoms with Gasteiger partial charge in [-0.25, -0.2) is 0 Å². The van der Waals surface area contributed by atoms with Gasteiger partial charge < -0.3 is 46.7 Å². The summed E-state index contributed by atoms with van der Waals surface area (Å²) in [6.45, 7) is 2.80. The number of nitrogens with two attached hydrogens (primary N) is 2. The number of aliphatic hydroxyl groups is 2. The summed E-state index contributed by atoms with van der Waals surface area (Å²) < 4.78 is 11.6. The zero-order valence-corrected chi connectivity index (χ0v) is 20.3. The highest BCUT2D eigenvalue weighted by Crippen LogP contribution is 2.37. The molecule has 1 aliphatic carbocycles. The lowest BCUT2D eigenvalue weighted by atomic mass is 9.88. The van der Waals surface area contributed by atoms with E-state index in [9.17, 15) is 20.4 Å². The number of hydrogen-bond donors (Lipinski definition) is 7. The van der Waals surface area contributed by atoms with Gasteiger partial charge in [-0.1, -0.05) is 25.7 Å². The molecule has 0 aliphatic heterocycles. The van der Waals surface area contributed by atoms with Gasteiger partial charge in [0.2, 0.25) is 5.75 Å². The zero-order chi connectivity index (χ0) is 24.8. The van der Waals surface area contributed by atoms with Crippen molar-refractivity contribution in [3.63, 3.8) is 0 Å². The highest BCUT2D eigenvalue weighted by atomic mass is 16.5. The Bertz CT molecular complexity index is 693. The van der Waals surface area contributed by atoms with Crippen LogP contribution in [0.1, 0.15) is 69.8 Å². The normalized spacial score (nSPS) is 22.7. The molecule has 1 aromatic carbocycles. The van der Waals surface area contributed by atoms with Crippen LogP contribution in [0.15, 0.2) is 12.1 Å². The van der Waals surface area contributed by atoms with Gasteiger partial charge >= 0.3 is 0 Å². The predicted molar refractivity (Wildman–Crippen MR) is 132 cm³/mol. The van der Waals surface area contributed by atoms with E-state index in [1.807, 2.05) is 0 Å². The largest absolute Gasteiger partial charge is 0.504 e. The molecule has 0 saturated heterocycles. The smallest absolute Gasteiger partial charge is 0.200 e. The summed E-state index contributed by atoms with van der Waals surface area (Å²) in [4.78, 5) is 0. The zero-order valence-electron chi connectivity index (χ0n) is 20.3. The van der Waals surface area contributed by atoms with Gasteiger partial charge in [0.1, 0.15) is 6.10 Å². The molecule has 1 saturated carbocycles. The molecule has 9 N–H and O–H groups in total. The number of unbranched alkanes of at least 4 members (excludes halogenated alkanes) is 6. The quantitative estimate of drug-likeness (QED) is 0.129. The molecule has 0 aromatic heterocycles. The fourth-order valence-electron chi connectivity index (χ4n) is 4.27. The number of ether oxygens (including phenoxy) is 2. The first-order valence-corrected chi connectivity index (χ1v) is 12.7. The van der Waals surface area contributed by atoms with E-state index in [1.54, 1.807) is 6.07 Å². The molecule has 196 valence electrons. The molecule has 1 aromatic rings. The minimum atomic E-state index is -0.898. The number of rotatable bonds is 17. The van der Waals surface area contributed by atoms with Crippen LogP contribution in [0.4, 0.5) is 0 Å². The van der Waals surface area contributed by atoms with Gasteiger partial charge in [0, 0.05) is 19.2 Å². The van der Waals surface area contributed by atoms with Crippen molar-refractivity contribution < 1.29 is 29.9 Å². The summed E-state index contributed by atoms with van der Waals surface area (Å²) in [6, 6.07) is 3.16. The van der Waals surface area contributed by atoms with Gasteiger partial charge in [-0.15, -0.1) is 0 Å². The van der Waals surface area contributed by atoms with Crippen molar-refractivity contribution in [1.82, 2.24) is 5.32 Å². The average Bonchev–Trinajstić information content (AvgIpc) is 2.82. The molecular formula is C25H45N3O6. The summed E-state index contributed by atoms with van der Waals surface area (Å²) in [5, 5.41) is 44.3. The lowest BCUT2D eigenvalue weighted by Crippen LogP contribution is -2.51. The Hall–Kier alpha value is -1.62. The Morgan fingerprint density at radius 2 is 1.50 bits per heavy atom. The highest BCUT2D eigenvalue weighted by Gasteiger charge is 2.36. The van der Waals surface area contributed by atoms with E-state index in [-0.39, 0.29) is 23.3 Å². The van der Waals surface area contributed by atoms with Gasteiger partial charge in [-0.3, -0.25) is 0 Å². The van der Waals surface area contributed by atoms with Crippen molar-refractivity contribution in [2.45, 2.75) is 95.1 Å². The van der Waals surface area contributed by atoms with Crippen LogP contribution in [0.2, 0.25) is 0 Å². The highest BCUT2D eigenvalue weighted by molar-refractivity contribution is 5.52. The van der Waals surface area contributed by atoms with E-state index >= 15 is 0 Å². The summed E-state index contributed by atoms with van der Waals surface area (Å²) >= 11 is 0. The second-order valence-electron chi connectivity index (χ2n) is 9.23. The molecule has 2 rings (SSSR count). The van der Waals surface area contributed by atoms with E-state index in [2.05, 4.69) is 5.32 Å². The Morgan fingerprint density at radius 1 is 0.853 bits per heavy atom. The molecule has 4 atom stereocenters. The van der Waals surface area contributed by atoms with E-state index < -0.39 is 18.3 Å². The Kier molecular flexibility index (Phi) is 13.6. The number of hydrogen-bond acceptors (Lipinski definition) is 9. The monoisotopic (exact) mass is 483 g/mol. The van der Waals surface area contributed by atoms with Crippen molar-refractivity contribution in [2.24, 2.45) is 11.5 Å². The second kappa shape index (κ2) is 16.1. The first kappa shape index (κ1) is 28.6. The number of phenolic OH excluding ortho intramolecular Hbond substituents is 2. The number of aromatic hydroxyl groups is 2. The molecule has 1 fully saturated rings. The van der Waals surface area contributed by atoms with Crippen LogP contribution in [-0.2, 0) is 11.3 Å². The Morgan fingerprint density at radius 3 is 2.18 bits per heavy atom. The van der Waals surface area contributed by atoms with Crippen LogP contribution in [-0.4, -0.2) is 71.1 Å². The Labute approximate surface area is 203 Å². The van der Waals surface area contributed by atoms with Gasteiger partial charge in [-0.2, -0.15) is 0 Å². The Balaban J connectivity index is 1.82. The fraction of sp³-hybridized carbons (Fsp3) is 0.760. The van der Waals surface area contributed by atoms with Crippen molar-refractivity contribution in [1.29, 1.82) is 0 Å². The van der Waals surface area contributed by atoms with Gasteiger partial charge in [0.05, 0.1) is 18.8 Å². The van der Waals surface area contributed by atoms with Gasteiger partial charge in [-0.05, 0) is 69.3 Å². The van der Waals surface area contributed by atoms with Crippen molar-refractivity contribution in [2.75, 3.05) is 26.3 Å². The van der Waals surface area contributed by atoms with Crippen molar-refractivity contribution >= 4 is 0 Å². The maximum atomic E-state index is 10.3. The molecule has 9 heteroatoms. The summed E-state index contributed by atoms with van der Waals surface area (Å²) in [5.41, 5.74) is 11.8. The second-order valence-corrected chi connectivity index (χ2v) is 9.23. The average molecular weight is 484 g/mol. The third-order valence-electron chi connectivity index (χ3n) is 6.31. The van der Waals surface area contributed by atoms with E-state index in [1.165, 1.54) is 6.07 Å². The predicted octanol–water partition coefficient (Wildman–Crippen LogP) is 1.87.